The van der Waals surface area contributed by atoms with Gasteiger partial charge in [0.15, 0.2) is 17.5 Å². The van der Waals surface area contributed by atoms with Crippen molar-refractivity contribution in [1.82, 2.24) is 25.2 Å². The van der Waals surface area contributed by atoms with Crippen molar-refractivity contribution in [3.8, 4) is 28.2 Å². The molecule has 2 N–H and O–H groups in total. The van der Waals surface area contributed by atoms with Crippen LogP contribution in [0.1, 0.15) is 0 Å². The van der Waals surface area contributed by atoms with E-state index in [0.29, 0.717) is 5.56 Å². The van der Waals surface area contributed by atoms with Gasteiger partial charge in [0.25, 0.3) is 0 Å². The van der Waals surface area contributed by atoms with E-state index in [0.717, 1.165) is 28.9 Å². The van der Waals surface area contributed by atoms with Crippen molar-refractivity contribution in [3.05, 3.63) is 71.9 Å². The number of tetrazole rings is 1. The van der Waals surface area contributed by atoms with Crippen LogP contribution in [0.15, 0.2) is 48.7 Å². The lowest BCUT2D eigenvalue weighted by molar-refractivity contribution is 0.501. The van der Waals surface area contributed by atoms with Gasteiger partial charge in [-0.15, -0.1) is 5.10 Å². The summed E-state index contributed by atoms with van der Waals surface area (Å²) in [6.07, 6.45) is 1.32. The maximum atomic E-state index is 14.2. The van der Waals surface area contributed by atoms with Crippen molar-refractivity contribution in [2.24, 2.45) is 0 Å². The van der Waals surface area contributed by atoms with Crippen LogP contribution in [-0.2, 0) is 0 Å². The van der Waals surface area contributed by atoms with Crippen LogP contribution in [0, 0.1) is 23.3 Å². The lowest BCUT2D eigenvalue weighted by Gasteiger charge is -2.10. The van der Waals surface area contributed by atoms with E-state index < -0.39 is 23.3 Å². The summed E-state index contributed by atoms with van der Waals surface area (Å²) in [6.45, 7) is 0. The molecule has 0 fully saturated rings. The Kier molecular flexibility index (Phi) is 4.22. The molecule has 0 unspecified atom stereocenters. The highest BCUT2D eigenvalue weighted by Gasteiger charge is 2.19. The lowest BCUT2D eigenvalue weighted by Crippen LogP contribution is -2.06. The number of pyridine rings is 1. The molecule has 2 aromatic carbocycles. The number of hydrogen-bond donors (Lipinski definition) is 1. The molecule has 4 rings (SSSR count). The normalized spacial score (nSPS) is 11.0. The molecule has 2 aromatic heterocycles. The zero-order valence-electron chi connectivity index (χ0n) is 13.9. The highest BCUT2D eigenvalue weighted by Crippen LogP contribution is 2.30. The number of nitrogens with zero attached hydrogens (tertiary/aromatic N) is 5. The van der Waals surface area contributed by atoms with Gasteiger partial charge < -0.3 is 5.73 Å². The molecule has 0 radical (unpaired) electrons. The van der Waals surface area contributed by atoms with Gasteiger partial charge >= 0.3 is 0 Å². The van der Waals surface area contributed by atoms with Crippen LogP contribution in [0.2, 0.25) is 0 Å². The predicted octanol–water partition coefficient (Wildman–Crippen LogP) is 3.53. The molecule has 0 saturated heterocycles. The monoisotopic (exact) mass is 386 g/mol. The molecule has 0 atom stereocenters. The second-order valence-corrected chi connectivity index (χ2v) is 5.80. The number of aromatic nitrogens is 5. The lowest BCUT2D eigenvalue weighted by atomic mass is 10.0. The van der Waals surface area contributed by atoms with Crippen LogP contribution in [0.3, 0.4) is 0 Å². The Morgan fingerprint density at radius 3 is 2.39 bits per heavy atom. The smallest absolute Gasteiger partial charge is 0.190 e. The first-order chi connectivity index (χ1) is 13.4. The van der Waals surface area contributed by atoms with E-state index in [-0.39, 0.29) is 28.5 Å². The SMILES string of the molecule is Nc1ncc(-c2cc(F)cc(F)c2)cc1-c1nnnn1-c1cccc(F)c1F. The average molecular weight is 386 g/mol. The molecular formula is C18H10F4N6. The van der Waals surface area contributed by atoms with Gasteiger partial charge in [-0.2, -0.15) is 4.68 Å². The van der Waals surface area contributed by atoms with Crippen LogP contribution in [0.5, 0.6) is 0 Å². The van der Waals surface area contributed by atoms with Crippen LogP contribution in [0.25, 0.3) is 28.2 Å². The van der Waals surface area contributed by atoms with Gasteiger partial charge in [0, 0.05) is 17.8 Å². The summed E-state index contributed by atoms with van der Waals surface area (Å²) in [6, 6.07) is 7.97. The maximum Gasteiger partial charge on any atom is 0.190 e. The Bertz CT molecular complexity index is 1170. The third-order valence-corrected chi connectivity index (χ3v) is 3.98. The Balaban J connectivity index is 1.88. The molecule has 0 amide bonds. The van der Waals surface area contributed by atoms with Gasteiger partial charge in [0.1, 0.15) is 23.1 Å². The second-order valence-electron chi connectivity index (χ2n) is 5.80. The van der Waals surface area contributed by atoms with E-state index in [4.69, 9.17) is 5.73 Å². The standard InChI is InChI=1S/C18H10F4N6/c19-11-4-9(5-12(20)7-11)10-6-13(17(23)24-8-10)18-25-26-27-28(18)15-3-1-2-14(21)16(15)22/h1-8H,(H2,23,24). The molecule has 6 nitrogen and oxygen atoms in total. The molecule has 140 valence electrons. The molecule has 0 aliphatic carbocycles. The summed E-state index contributed by atoms with van der Waals surface area (Å²) in [5, 5.41) is 11.0. The van der Waals surface area contributed by atoms with E-state index in [1.165, 1.54) is 24.4 Å². The molecule has 0 aliphatic rings. The molecular weight excluding hydrogens is 376 g/mol. The summed E-state index contributed by atoms with van der Waals surface area (Å²) in [5.74, 6) is -3.78. The Labute approximate surface area is 155 Å². The number of rotatable bonds is 3. The third-order valence-electron chi connectivity index (χ3n) is 3.98. The third kappa shape index (κ3) is 3.04. The van der Waals surface area contributed by atoms with Gasteiger partial charge in [-0.05, 0) is 46.3 Å². The van der Waals surface area contributed by atoms with Crippen LogP contribution < -0.4 is 5.73 Å². The first kappa shape index (κ1) is 17.6. The number of anilines is 1. The van der Waals surface area contributed by atoms with Crippen molar-refractivity contribution < 1.29 is 17.6 Å². The fraction of sp³-hybridized carbons (Fsp3) is 0. The molecule has 0 bridgehead atoms. The Morgan fingerprint density at radius 2 is 1.64 bits per heavy atom. The van der Waals surface area contributed by atoms with Crippen molar-refractivity contribution in [1.29, 1.82) is 0 Å². The fourth-order valence-electron chi connectivity index (χ4n) is 2.71. The summed E-state index contributed by atoms with van der Waals surface area (Å²) in [5.41, 5.74) is 6.38. The van der Waals surface area contributed by atoms with Gasteiger partial charge in [-0.1, -0.05) is 6.07 Å². The topological polar surface area (TPSA) is 82.5 Å². The van der Waals surface area contributed by atoms with E-state index in [1.54, 1.807) is 0 Å². The van der Waals surface area contributed by atoms with Crippen molar-refractivity contribution >= 4 is 5.82 Å². The minimum atomic E-state index is -1.15. The highest BCUT2D eigenvalue weighted by atomic mass is 19.2. The van der Waals surface area contributed by atoms with Crippen molar-refractivity contribution in [2.75, 3.05) is 5.73 Å². The molecule has 0 spiro atoms. The molecule has 10 heteroatoms. The maximum absolute atomic E-state index is 14.2. The summed E-state index contributed by atoms with van der Waals surface area (Å²) in [4.78, 5) is 4.00. The molecule has 0 aliphatic heterocycles. The minimum absolute atomic E-state index is 0.00603. The second kappa shape index (κ2) is 6.72. The highest BCUT2D eigenvalue weighted by molar-refractivity contribution is 5.76. The predicted molar refractivity (Wildman–Crippen MR) is 92.1 cm³/mol. The van der Waals surface area contributed by atoms with E-state index in [2.05, 4.69) is 20.5 Å². The number of halogens is 4. The van der Waals surface area contributed by atoms with E-state index >= 15 is 0 Å². The first-order valence-electron chi connectivity index (χ1n) is 7.89. The zero-order chi connectivity index (χ0) is 19.8. The number of hydrogen-bond acceptors (Lipinski definition) is 5. The number of nitrogens with two attached hydrogens (primary N) is 1. The average Bonchev–Trinajstić information content (AvgIpc) is 3.13. The van der Waals surface area contributed by atoms with Crippen molar-refractivity contribution in [3.63, 3.8) is 0 Å². The van der Waals surface area contributed by atoms with Crippen molar-refractivity contribution in [2.45, 2.75) is 0 Å². The van der Waals surface area contributed by atoms with Crippen LogP contribution in [-0.4, -0.2) is 25.2 Å². The van der Waals surface area contributed by atoms with E-state index in [1.807, 2.05) is 0 Å². The van der Waals surface area contributed by atoms with E-state index in [9.17, 15) is 17.6 Å². The molecule has 4 aromatic rings. The van der Waals surface area contributed by atoms with Gasteiger partial charge in [-0.25, -0.2) is 22.5 Å². The quantitative estimate of drug-likeness (QED) is 0.545. The number of nitrogen functional groups attached to an aromatic ring is 1. The number of benzene rings is 2. The summed E-state index contributed by atoms with van der Waals surface area (Å²) in [7, 11) is 0. The van der Waals surface area contributed by atoms with Crippen LogP contribution in [0.4, 0.5) is 23.4 Å². The first-order valence-corrected chi connectivity index (χ1v) is 7.89. The van der Waals surface area contributed by atoms with Crippen LogP contribution >= 0.6 is 0 Å². The largest absolute Gasteiger partial charge is 0.383 e. The Hall–Kier alpha value is -3.82. The summed E-state index contributed by atoms with van der Waals surface area (Å²) >= 11 is 0. The Morgan fingerprint density at radius 1 is 0.893 bits per heavy atom. The minimum Gasteiger partial charge on any atom is -0.383 e. The zero-order valence-corrected chi connectivity index (χ0v) is 13.9. The molecule has 2 heterocycles. The molecule has 0 saturated carbocycles. The van der Waals surface area contributed by atoms with Gasteiger partial charge in [0.2, 0.25) is 0 Å². The molecule has 28 heavy (non-hydrogen) atoms. The fourth-order valence-corrected chi connectivity index (χ4v) is 2.71. The van der Waals surface area contributed by atoms with Gasteiger partial charge in [0.05, 0.1) is 5.56 Å². The van der Waals surface area contributed by atoms with Gasteiger partial charge in [-0.3, -0.25) is 0 Å². The summed E-state index contributed by atoms with van der Waals surface area (Å²) < 4.78 is 55.8.